The molecule has 0 heterocycles. The van der Waals surface area contributed by atoms with Gasteiger partial charge in [-0.3, -0.25) is 0 Å². The van der Waals surface area contributed by atoms with Crippen molar-refractivity contribution in [2.75, 3.05) is 24.6 Å². The first kappa shape index (κ1) is 11.1. The second-order valence-corrected chi connectivity index (χ2v) is 3.57. The Morgan fingerprint density at radius 2 is 1.93 bits per heavy atom. The summed E-state index contributed by atoms with van der Waals surface area (Å²) in [7, 11) is 0. The fraction of sp³-hybridized carbons (Fsp3) is 0.500. The molecule has 0 aliphatic carbocycles. The van der Waals surface area contributed by atoms with E-state index in [1.807, 2.05) is 0 Å². The number of benzene rings is 1. The van der Waals surface area contributed by atoms with Crippen LogP contribution in [-0.4, -0.2) is 24.8 Å². The fourth-order valence-corrected chi connectivity index (χ4v) is 1.51. The van der Waals surface area contributed by atoms with E-state index in [9.17, 15) is 0 Å². The summed E-state index contributed by atoms with van der Waals surface area (Å²) in [6.07, 6.45) is 0. The van der Waals surface area contributed by atoms with E-state index in [1.165, 1.54) is 16.8 Å². The molecule has 1 N–H and O–H groups in total. The highest BCUT2D eigenvalue weighted by Crippen LogP contribution is 2.18. The summed E-state index contributed by atoms with van der Waals surface area (Å²) < 4.78 is 0. The van der Waals surface area contributed by atoms with Gasteiger partial charge in [0, 0.05) is 18.8 Å². The molecule has 0 bridgehead atoms. The van der Waals surface area contributed by atoms with E-state index in [2.05, 4.69) is 43.9 Å². The van der Waals surface area contributed by atoms with Crippen LogP contribution in [0, 0.1) is 13.8 Å². The summed E-state index contributed by atoms with van der Waals surface area (Å²) in [5, 5.41) is 8.91. The molecule has 1 aromatic rings. The van der Waals surface area contributed by atoms with Crippen molar-refractivity contribution in [3.05, 3.63) is 29.3 Å². The average molecular weight is 193 g/mol. The highest BCUT2D eigenvalue weighted by Gasteiger charge is 2.03. The topological polar surface area (TPSA) is 23.5 Å². The summed E-state index contributed by atoms with van der Waals surface area (Å²) in [5.41, 5.74) is 3.82. The quantitative estimate of drug-likeness (QED) is 0.791. The van der Waals surface area contributed by atoms with Crippen molar-refractivity contribution in [1.82, 2.24) is 0 Å². The molecule has 0 saturated carbocycles. The van der Waals surface area contributed by atoms with Crippen LogP contribution in [0.3, 0.4) is 0 Å². The maximum atomic E-state index is 8.91. The van der Waals surface area contributed by atoms with Gasteiger partial charge in [0.15, 0.2) is 0 Å². The van der Waals surface area contributed by atoms with Gasteiger partial charge in [0.1, 0.15) is 0 Å². The molecular weight excluding hydrogens is 174 g/mol. The second kappa shape index (κ2) is 5.01. The predicted molar refractivity (Wildman–Crippen MR) is 60.9 cm³/mol. The molecule has 1 aromatic carbocycles. The van der Waals surface area contributed by atoms with Gasteiger partial charge in [-0.25, -0.2) is 0 Å². The Balaban J connectivity index is 2.88. The molecule has 0 fully saturated rings. The Morgan fingerprint density at radius 1 is 1.21 bits per heavy atom. The second-order valence-electron chi connectivity index (χ2n) is 3.57. The normalized spacial score (nSPS) is 10.3. The van der Waals surface area contributed by atoms with Gasteiger partial charge in [0.2, 0.25) is 0 Å². The molecule has 0 aromatic heterocycles. The van der Waals surface area contributed by atoms with Crippen molar-refractivity contribution in [3.63, 3.8) is 0 Å². The first-order chi connectivity index (χ1) is 6.69. The highest BCUT2D eigenvalue weighted by atomic mass is 16.3. The van der Waals surface area contributed by atoms with E-state index < -0.39 is 0 Å². The Bertz CT molecular complexity index is 296. The molecule has 0 saturated heterocycles. The monoisotopic (exact) mass is 193 g/mol. The van der Waals surface area contributed by atoms with E-state index in [0.29, 0.717) is 6.54 Å². The molecule has 0 radical (unpaired) electrons. The summed E-state index contributed by atoms with van der Waals surface area (Å²) in [6, 6.07) is 6.42. The Labute approximate surface area is 86.2 Å². The van der Waals surface area contributed by atoms with Crippen LogP contribution < -0.4 is 4.90 Å². The zero-order chi connectivity index (χ0) is 10.6. The molecule has 2 heteroatoms. The number of hydrogen-bond donors (Lipinski definition) is 1. The highest BCUT2D eigenvalue weighted by molar-refractivity contribution is 5.50. The molecule has 0 aliphatic rings. The van der Waals surface area contributed by atoms with Crippen LogP contribution in [0.2, 0.25) is 0 Å². The van der Waals surface area contributed by atoms with E-state index in [-0.39, 0.29) is 6.61 Å². The molecule has 0 aliphatic heterocycles. The van der Waals surface area contributed by atoms with Crippen LogP contribution in [0.4, 0.5) is 5.69 Å². The Hall–Kier alpha value is -1.02. The third-order valence-electron chi connectivity index (χ3n) is 2.61. The van der Waals surface area contributed by atoms with Gasteiger partial charge < -0.3 is 10.0 Å². The minimum atomic E-state index is 0.209. The van der Waals surface area contributed by atoms with E-state index >= 15 is 0 Å². The lowest BCUT2D eigenvalue weighted by atomic mass is 10.1. The molecule has 0 atom stereocenters. The Morgan fingerprint density at radius 3 is 2.43 bits per heavy atom. The number of aliphatic hydroxyl groups is 1. The summed E-state index contributed by atoms with van der Waals surface area (Å²) in [5.74, 6) is 0. The van der Waals surface area contributed by atoms with Gasteiger partial charge in [-0.05, 0) is 44.0 Å². The first-order valence-corrected chi connectivity index (χ1v) is 5.12. The van der Waals surface area contributed by atoms with Crippen molar-refractivity contribution in [2.45, 2.75) is 20.8 Å². The minimum Gasteiger partial charge on any atom is -0.395 e. The van der Waals surface area contributed by atoms with Gasteiger partial charge in [-0.2, -0.15) is 0 Å². The largest absolute Gasteiger partial charge is 0.395 e. The summed E-state index contributed by atoms with van der Waals surface area (Å²) in [6.45, 7) is 8.18. The van der Waals surface area contributed by atoms with Gasteiger partial charge in [0.25, 0.3) is 0 Å². The van der Waals surface area contributed by atoms with Crippen molar-refractivity contribution in [1.29, 1.82) is 0 Å². The number of rotatable bonds is 4. The molecule has 0 spiro atoms. The lowest BCUT2D eigenvalue weighted by Crippen LogP contribution is -2.26. The summed E-state index contributed by atoms with van der Waals surface area (Å²) in [4.78, 5) is 2.17. The molecule has 14 heavy (non-hydrogen) atoms. The lowest BCUT2D eigenvalue weighted by molar-refractivity contribution is 0.302. The number of likely N-dealkylation sites (N-methyl/N-ethyl adjacent to an activating group) is 1. The zero-order valence-electron chi connectivity index (χ0n) is 9.25. The van der Waals surface area contributed by atoms with Crippen LogP contribution in [0.1, 0.15) is 18.1 Å². The molecule has 0 unspecified atom stereocenters. The van der Waals surface area contributed by atoms with Crippen LogP contribution in [0.15, 0.2) is 18.2 Å². The SMILES string of the molecule is CCN(CCO)c1ccc(C)c(C)c1. The Kier molecular flexibility index (Phi) is 3.96. The van der Waals surface area contributed by atoms with Gasteiger partial charge in [0.05, 0.1) is 6.61 Å². The third kappa shape index (κ3) is 2.48. The van der Waals surface area contributed by atoms with Crippen molar-refractivity contribution >= 4 is 5.69 Å². The number of aliphatic hydroxyl groups excluding tert-OH is 1. The maximum absolute atomic E-state index is 8.91. The molecule has 1 rings (SSSR count). The average Bonchev–Trinajstić information content (AvgIpc) is 2.19. The van der Waals surface area contributed by atoms with E-state index in [4.69, 9.17) is 5.11 Å². The number of hydrogen-bond acceptors (Lipinski definition) is 2. The summed E-state index contributed by atoms with van der Waals surface area (Å²) >= 11 is 0. The van der Waals surface area contributed by atoms with Gasteiger partial charge >= 0.3 is 0 Å². The molecule has 2 nitrogen and oxygen atoms in total. The minimum absolute atomic E-state index is 0.209. The maximum Gasteiger partial charge on any atom is 0.0606 e. The number of aryl methyl sites for hydroxylation is 2. The molecule has 78 valence electrons. The van der Waals surface area contributed by atoms with Gasteiger partial charge in [-0.15, -0.1) is 0 Å². The first-order valence-electron chi connectivity index (χ1n) is 5.12. The number of nitrogens with zero attached hydrogens (tertiary/aromatic N) is 1. The van der Waals surface area contributed by atoms with Crippen LogP contribution >= 0.6 is 0 Å². The van der Waals surface area contributed by atoms with Crippen molar-refractivity contribution < 1.29 is 5.11 Å². The standard InChI is InChI=1S/C12H19NO/c1-4-13(7-8-14)12-6-5-10(2)11(3)9-12/h5-6,9,14H,4,7-8H2,1-3H3. The van der Waals surface area contributed by atoms with Crippen LogP contribution in [0.5, 0.6) is 0 Å². The van der Waals surface area contributed by atoms with E-state index in [1.54, 1.807) is 0 Å². The molecular formula is C12H19NO. The lowest BCUT2D eigenvalue weighted by Gasteiger charge is -2.22. The van der Waals surface area contributed by atoms with Crippen molar-refractivity contribution in [2.24, 2.45) is 0 Å². The van der Waals surface area contributed by atoms with Crippen LogP contribution in [-0.2, 0) is 0 Å². The number of anilines is 1. The predicted octanol–water partition coefficient (Wildman–Crippen LogP) is 2.12. The van der Waals surface area contributed by atoms with E-state index in [0.717, 1.165) is 6.54 Å². The fourth-order valence-electron chi connectivity index (χ4n) is 1.51. The molecule has 0 amide bonds. The third-order valence-corrected chi connectivity index (χ3v) is 2.61. The smallest absolute Gasteiger partial charge is 0.0606 e. The van der Waals surface area contributed by atoms with Crippen LogP contribution in [0.25, 0.3) is 0 Å². The zero-order valence-corrected chi connectivity index (χ0v) is 9.25. The van der Waals surface area contributed by atoms with Crippen molar-refractivity contribution in [3.8, 4) is 0 Å². The van der Waals surface area contributed by atoms with Gasteiger partial charge in [-0.1, -0.05) is 6.07 Å².